The van der Waals surface area contributed by atoms with E-state index in [2.05, 4.69) is 0 Å². The lowest BCUT2D eigenvalue weighted by molar-refractivity contribution is -0.137. The number of anilines is 1. The van der Waals surface area contributed by atoms with Crippen LogP contribution < -0.4 is 5.73 Å². The highest BCUT2D eigenvalue weighted by atomic mass is 19.4. The van der Waals surface area contributed by atoms with Gasteiger partial charge in [-0.2, -0.15) is 13.2 Å². The summed E-state index contributed by atoms with van der Waals surface area (Å²) in [5.41, 5.74) is 12.6. The molecule has 0 aliphatic heterocycles. The van der Waals surface area contributed by atoms with Crippen molar-refractivity contribution in [2.75, 3.05) is 5.73 Å². The summed E-state index contributed by atoms with van der Waals surface area (Å²) >= 11 is 0. The fraction of sp³-hybridized carbons (Fsp3) is 0.143. The Bertz CT molecular complexity index is 496. The molecule has 2 aromatic carbocycles. The first-order valence-corrected chi connectivity index (χ1v) is 5.54. The molecule has 0 unspecified atom stereocenters. The number of nitrogens with two attached hydrogens (primary N) is 1. The van der Waals surface area contributed by atoms with Crippen molar-refractivity contribution in [2.45, 2.75) is 12.7 Å². The lowest BCUT2D eigenvalue weighted by Crippen LogP contribution is -2.04. The molecule has 2 rings (SSSR count). The van der Waals surface area contributed by atoms with Crippen molar-refractivity contribution in [2.24, 2.45) is 0 Å². The van der Waals surface area contributed by atoms with Crippen LogP contribution in [0.5, 0.6) is 0 Å². The van der Waals surface area contributed by atoms with Gasteiger partial charge in [0.2, 0.25) is 0 Å². The molecule has 2 aromatic rings. The van der Waals surface area contributed by atoms with Crippen LogP contribution in [0.3, 0.4) is 0 Å². The number of hydrogen-bond donors (Lipinski definition) is 1. The number of rotatable bonds is 1. The van der Waals surface area contributed by atoms with Crippen LogP contribution in [0.15, 0.2) is 54.6 Å². The molecular formula is C14H14F3N2-. The molecule has 5 heteroatoms. The van der Waals surface area contributed by atoms with Crippen molar-refractivity contribution >= 4 is 5.69 Å². The van der Waals surface area contributed by atoms with Gasteiger partial charge in [-0.15, -0.1) is 6.54 Å². The first kappa shape index (κ1) is 15.0. The van der Waals surface area contributed by atoms with E-state index < -0.39 is 11.7 Å². The van der Waals surface area contributed by atoms with Crippen molar-refractivity contribution in [1.29, 1.82) is 0 Å². The third-order valence-electron chi connectivity index (χ3n) is 2.26. The molecule has 19 heavy (non-hydrogen) atoms. The van der Waals surface area contributed by atoms with Crippen molar-refractivity contribution in [1.82, 2.24) is 0 Å². The Morgan fingerprint density at radius 3 is 1.95 bits per heavy atom. The molecule has 0 bridgehead atoms. The second-order valence-electron chi connectivity index (χ2n) is 3.79. The van der Waals surface area contributed by atoms with Gasteiger partial charge in [0.25, 0.3) is 0 Å². The maximum Gasteiger partial charge on any atom is 0.416 e. The normalized spacial score (nSPS) is 10.5. The molecule has 0 spiro atoms. The highest BCUT2D eigenvalue weighted by Crippen LogP contribution is 2.29. The van der Waals surface area contributed by atoms with E-state index in [9.17, 15) is 13.2 Å². The monoisotopic (exact) mass is 267 g/mol. The maximum absolute atomic E-state index is 11.9. The number of halogens is 3. The topological polar surface area (TPSA) is 49.8 Å². The maximum atomic E-state index is 11.9. The molecule has 0 saturated carbocycles. The third kappa shape index (κ3) is 5.44. The Hall–Kier alpha value is -2.01. The van der Waals surface area contributed by atoms with Gasteiger partial charge in [0.05, 0.1) is 5.56 Å². The van der Waals surface area contributed by atoms with Gasteiger partial charge >= 0.3 is 6.18 Å². The van der Waals surface area contributed by atoms with Gasteiger partial charge in [-0.25, -0.2) is 0 Å². The van der Waals surface area contributed by atoms with E-state index in [-0.39, 0.29) is 5.69 Å². The van der Waals surface area contributed by atoms with E-state index in [1.807, 2.05) is 30.3 Å². The summed E-state index contributed by atoms with van der Waals surface area (Å²) in [6.45, 7) is 0.390. The van der Waals surface area contributed by atoms with Crippen LogP contribution in [0.25, 0.3) is 5.73 Å². The first-order valence-electron chi connectivity index (χ1n) is 5.54. The number of benzene rings is 2. The molecule has 0 saturated heterocycles. The minimum Gasteiger partial charge on any atom is -0.674 e. The summed E-state index contributed by atoms with van der Waals surface area (Å²) in [5, 5.41) is 0. The molecule has 3 N–H and O–H groups in total. The van der Waals surface area contributed by atoms with Crippen molar-refractivity contribution in [3.8, 4) is 0 Å². The van der Waals surface area contributed by atoms with Gasteiger partial charge in [0, 0.05) is 5.69 Å². The smallest absolute Gasteiger partial charge is 0.416 e. The SMILES string of the molecule is Nc1cccc(C(F)(F)F)c1.[NH-]Cc1ccccc1. The second kappa shape index (κ2) is 6.80. The summed E-state index contributed by atoms with van der Waals surface area (Å²) in [7, 11) is 0. The fourth-order valence-electron chi connectivity index (χ4n) is 1.31. The molecule has 0 heterocycles. The van der Waals surface area contributed by atoms with Crippen LogP contribution in [0.4, 0.5) is 18.9 Å². The average molecular weight is 267 g/mol. The molecule has 0 fully saturated rings. The zero-order valence-corrected chi connectivity index (χ0v) is 10.1. The molecule has 0 aliphatic carbocycles. The highest BCUT2D eigenvalue weighted by Gasteiger charge is 2.30. The van der Waals surface area contributed by atoms with Gasteiger partial charge < -0.3 is 11.5 Å². The number of alkyl halides is 3. The Morgan fingerprint density at radius 2 is 1.58 bits per heavy atom. The molecular weight excluding hydrogens is 253 g/mol. The number of nitrogens with one attached hydrogen (secondary N) is 1. The zero-order valence-electron chi connectivity index (χ0n) is 10.1. The van der Waals surface area contributed by atoms with Crippen molar-refractivity contribution in [3.63, 3.8) is 0 Å². The predicted octanol–water partition coefficient (Wildman–Crippen LogP) is 4.53. The fourth-order valence-corrected chi connectivity index (χ4v) is 1.31. The van der Waals surface area contributed by atoms with Crippen LogP contribution in [-0.2, 0) is 12.7 Å². The van der Waals surface area contributed by atoms with Gasteiger partial charge in [0.15, 0.2) is 0 Å². The Balaban J connectivity index is 0.000000200. The predicted molar refractivity (Wildman–Crippen MR) is 70.3 cm³/mol. The highest BCUT2D eigenvalue weighted by molar-refractivity contribution is 5.41. The van der Waals surface area contributed by atoms with Gasteiger partial charge in [0.1, 0.15) is 0 Å². The zero-order chi connectivity index (χ0) is 14.3. The van der Waals surface area contributed by atoms with E-state index in [0.29, 0.717) is 6.54 Å². The van der Waals surface area contributed by atoms with Crippen LogP contribution in [-0.4, -0.2) is 0 Å². The van der Waals surface area contributed by atoms with E-state index in [0.717, 1.165) is 17.7 Å². The van der Waals surface area contributed by atoms with Crippen molar-refractivity contribution in [3.05, 3.63) is 71.5 Å². The molecule has 102 valence electrons. The van der Waals surface area contributed by atoms with E-state index >= 15 is 0 Å². The average Bonchev–Trinajstić information content (AvgIpc) is 2.39. The van der Waals surface area contributed by atoms with Crippen LogP contribution in [0.2, 0.25) is 0 Å². The molecule has 0 radical (unpaired) electrons. The lowest BCUT2D eigenvalue weighted by atomic mass is 10.2. The first-order chi connectivity index (χ1) is 8.93. The summed E-state index contributed by atoms with van der Waals surface area (Å²) in [4.78, 5) is 0. The van der Waals surface area contributed by atoms with E-state index in [4.69, 9.17) is 11.5 Å². The summed E-state index contributed by atoms with van der Waals surface area (Å²) in [5.74, 6) is 0. The number of hydrogen-bond acceptors (Lipinski definition) is 1. The summed E-state index contributed by atoms with van der Waals surface area (Å²) < 4.78 is 35.7. The Labute approximate surface area is 109 Å². The number of nitrogen functional groups attached to an aromatic ring is 1. The van der Waals surface area contributed by atoms with Crippen LogP contribution in [0, 0.1) is 0 Å². The standard InChI is InChI=1S/C7H6F3N.C7H8N/c8-7(9,10)5-2-1-3-6(11)4-5;8-6-7-4-2-1-3-5-7/h1-4H,11H2;1-5,8H,6H2/q;-1. The molecule has 0 aromatic heterocycles. The summed E-state index contributed by atoms with van der Waals surface area (Å²) in [6.07, 6.45) is -4.30. The second-order valence-corrected chi connectivity index (χ2v) is 3.79. The van der Waals surface area contributed by atoms with Crippen LogP contribution in [0.1, 0.15) is 11.1 Å². The van der Waals surface area contributed by atoms with Crippen LogP contribution >= 0.6 is 0 Å². The minimum absolute atomic E-state index is 0.125. The summed E-state index contributed by atoms with van der Waals surface area (Å²) in [6, 6.07) is 14.3. The largest absolute Gasteiger partial charge is 0.674 e. The third-order valence-corrected chi connectivity index (χ3v) is 2.26. The lowest BCUT2D eigenvalue weighted by Gasteiger charge is -2.05. The van der Waals surface area contributed by atoms with Gasteiger partial charge in [-0.3, -0.25) is 0 Å². The Kier molecular flexibility index (Phi) is 5.38. The quantitative estimate of drug-likeness (QED) is 0.758. The van der Waals surface area contributed by atoms with Crippen molar-refractivity contribution < 1.29 is 13.2 Å². The minimum atomic E-state index is -4.30. The van der Waals surface area contributed by atoms with Gasteiger partial charge in [-0.1, -0.05) is 42.0 Å². The molecule has 0 amide bonds. The molecule has 0 aliphatic rings. The van der Waals surface area contributed by atoms with E-state index in [1.54, 1.807) is 0 Å². The van der Waals surface area contributed by atoms with E-state index in [1.165, 1.54) is 12.1 Å². The molecule has 2 nitrogen and oxygen atoms in total. The van der Waals surface area contributed by atoms with Gasteiger partial charge in [-0.05, 0) is 18.2 Å². The Morgan fingerprint density at radius 1 is 0.947 bits per heavy atom. The molecule has 0 atom stereocenters.